The van der Waals surface area contributed by atoms with Crippen LogP contribution in [0.1, 0.15) is 5.56 Å². The summed E-state index contributed by atoms with van der Waals surface area (Å²) < 4.78 is 3.60. The minimum atomic E-state index is -0.308. The van der Waals surface area contributed by atoms with Crippen molar-refractivity contribution in [2.45, 2.75) is 19.5 Å². The van der Waals surface area contributed by atoms with Crippen molar-refractivity contribution < 1.29 is 4.79 Å². The maximum Gasteiger partial charge on any atom is 0.293 e. The number of hydrogen-bond donors (Lipinski definition) is 2. The van der Waals surface area contributed by atoms with Gasteiger partial charge in [-0.1, -0.05) is 60.1 Å². The van der Waals surface area contributed by atoms with Crippen LogP contribution in [-0.4, -0.2) is 33.1 Å². The summed E-state index contributed by atoms with van der Waals surface area (Å²) in [6.07, 6.45) is 4.21. The minimum absolute atomic E-state index is 0.0618. The molecule has 0 aliphatic heterocycles. The van der Waals surface area contributed by atoms with Gasteiger partial charge in [0.05, 0.1) is 6.54 Å². The second-order valence-corrected chi connectivity index (χ2v) is 7.81. The monoisotopic (exact) mass is 449 g/mol. The third-order valence-corrected chi connectivity index (χ3v) is 5.38. The third-order valence-electron chi connectivity index (χ3n) is 5.20. The zero-order valence-electron chi connectivity index (χ0n) is 17.5. The molecule has 0 bridgehead atoms. The van der Waals surface area contributed by atoms with E-state index >= 15 is 0 Å². The molecular weight excluding hydrogens is 426 g/mol. The SMILES string of the molecule is O=C(CNc1nc(Cl)cn(CCc2ccccc2)c1=O)NCCn1ccc2ccccc21. The van der Waals surface area contributed by atoms with E-state index in [9.17, 15) is 9.59 Å². The quantitative estimate of drug-likeness (QED) is 0.410. The van der Waals surface area contributed by atoms with Crippen LogP contribution in [0.2, 0.25) is 5.15 Å². The Hall–Kier alpha value is -3.58. The number of aryl methyl sites for hydroxylation is 2. The van der Waals surface area contributed by atoms with Gasteiger partial charge in [-0.2, -0.15) is 0 Å². The number of nitrogens with one attached hydrogen (secondary N) is 2. The number of carbonyl (C=O) groups is 1. The lowest BCUT2D eigenvalue weighted by Crippen LogP contribution is -2.34. The molecule has 2 heterocycles. The molecule has 2 aromatic heterocycles. The molecule has 0 spiro atoms. The highest BCUT2D eigenvalue weighted by atomic mass is 35.5. The maximum absolute atomic E-state index is 12.7. The molecule has 32 heavy (non-hydrogen) atoms. The van der Waals surface area contributed by atoms with E-state index in [2.05, 4.69) is 26.3 Å². The molecule has 2 N–H and O–H groups in total. The van der Waals surface area contributed by atoms with Crippen molar-refractivity contribution in [1.82, 2.24) is 19.4 Å². The Morgan fingerprint density at radius 2 is 1.75 bits per heavy atom. The standard InChI is InChI=1S/C24H24ClN5O2/c25-21-17-30(13-10-18-6-2-1-3-7-18)24(32)23(28-21)27-16-22(31)26-12-15-29-14-11-19-8-4-5-9-20(19)29/h1-9,11,14,17H,10,12-13,15-16H2,(H,26,31)(H,27,28). The van der Waals surface area contributed by atoms with E-state index in [0.717, 1.165) is 16.5 Å². The van der Waals surface area contributed by atoms with Gasteiger partial charge in [-0.25, -0.2) is 4.98 Å². The Morgan fingerprint density at radius 3 is 2.59 bits per heavy atom. The minimum Gasteiger partial charge on any atom is -0.356 e. The molecule has 0 saturated carbocycles. The molecule has 164 valence electrons. The summed E-state index contributed by atoms with van der Waals surface area (Å²) in [6.45, 7) is 1.54. The predicted molar refractivity (Wildman–Crippen MR) is 127 cm³/mol. The summed E-state index contributed by atoms with van der Waals surface area (Å²) in [5, 5.41) is 7.03. The van der Waals surface area contributed by atoms with E-state index in [1.807, 2.05) is 60.8 Å². The van der Waals surface area contributed by atoms with Crippen LogP contribution in [0.3, 0.4) is 0 Å². The van der Waals surface area contributed by atoms with Crippen LogP contribution in [0.25, 0.3) is 10.9 Å². The summed E-state index contributed by atoms with van der Waals surface area (Å²) in [4.78, 5) is 29.0. The Labute approximate surface area is 190 Å². The van der Waals surface area contributed by atoms with Gasteiger partial charge in [0.2, 0.25) is 5.91 Å². The lowest BCUT2D eigenvalue weighted by Gasteiger charge is -2.11. The molecule has 4 aromatic rings. The number of aromatic nitrogens is 3. The average molecular weight is 450 g/mol. The first-order valence-electron chi connectivity index (χ1n) is 10.5. The van der Waals surface area contributed by atoms with E-state index in [0.29, 0.717) is 26.1 Å². The molecule has 7 nitrogen and oxygen atoms in total. The summed E-state index contributed by atoms with van der Waals surface area (Å²) in [7, 11) is 0. The van der Waals surface area contributed by atoms with Crippen molar-refractivity contribution in [1.29, 1.82) is 0 Å². The van der Waals surface area contributed by atoms with Gasteiger partial charge in [-0.05, 0) is 29.5 Å². The summed E-state index contributed by atoms with van der Waals surface area (Å²) >= 11 is 6.09. The van der Waals surface area contributed by atoms with Crippen LogP contribution < -0.4 is 16.2 Å². The number of halogens is 1. The van der Waals surface area contributed by atoms with Gasteiger partial charge in [0.25, 0.3) is 5.56 Å². The molecule has 0 radical (unpaired) electrons. The molecular formula is C24H24ClN5O2. The first-order chi connectivity index (χ1) is 15.6. The van der Waals surface area contributed by atoms with Gasteiger partial charge in [0.15, 0.2) is 5.82 Å². The number of para-hydroxylation sites is 1. The lowest BCUT2D eigenvalue weighted by molar-refractivity contribution is -0.119. The van der Waals surface area contributed by atoms with Crippen molar-refractivity contribution in [2.24, 2.45) is 0 Å². The van der Waals surface area contributed by atoms with E-state index in [4.69, 9.17) is 11.6 Å². The van der Waals surface area contributed by atoms with Gasteiger partial charge < -0.3 is 19.8 Å². The predicted octanol–water partition coefficient (Wildman–Crippen LogP) is 3.32. The van der Waals surface area contributed by atoms with Gasteiger partial charge in [-0.3, -0.25) is 9.59 Å². The van der Waals surface area contributed by atoms with Gasteiger partial charge in [0, 0.05) is 37.5 Å². The number of carbonyl (C=O) groups excluding carboxylic acids is 1. The third kappa shape index (κ3) is 5.36. The zero-order valence-corrected chi connectivity index (χ0v) is 18.3. The largest absolute Gasteiger partial charge is 0.356 e. The van der Waals surface area contributed by atoms with Crippen LogP contribution in [0.5, 0.6) is 0 Å². The average Bonchev–Trinajstić information content (AvgIpc) is 3.22. The molecule has 0 aliphatic rings. The van der Waals surface area contributed by atoms with E-state index in [1.165, 1.54) is 10.8 Å². The number of rotatable bonds is 9. The smallest absolute Gasteiger partial charge is 0.293 e. The normalized spacial score (nSPS) is 10.9. The molecule has 2 aromatic carbocycles. The fourth-order valence-corrected chi connectivity index (χ4v) is 3.76. The van der Waals surface area contributed by atoms with Crippen molar-refractivity contribution in [3.8, 4) is 0 Å². The van der Waals surface area contributed by atoms with Crippen molar-refractivity contribution >= 4 is 34.2 Å². The van der Waals surface area contributed by atoms with E-state index in [1.54, 1.807) is 0 Å². The molecule has 8 heteroatoms. The second kappa shape index (κ2) is 10.2. The first kappa shape index (κ1) is 21.6. The van der Waals surface area contributed by atoms with E-state index < -0.39 is 0 Å². The Balaban J connectivity index is 1.30. The maximum atomic E-state index is 12.7. The fourth-order valence-electron chi connectivity index (χ4n) is 3.56. The molecule has 0 fully saturated rings. The Bertz CT molecular complexity index is 1270. The summed E-state index contributed by atoms with van der Waals surface area (Å²) in [6, 6.07) is 20.0. The lowest BCUT2D eigenvalue weighted by atomic mass is 10.1. The van der Waals surface area contributed by atoms with E-state index in [-0.39, 0.29) is 29.0 Å². The highest BCUT2D eigenvalue weighted by Gasteiger charge is 2.10. The van der Waals surface area contributed by atoms with Crippen LogP contribution in [-0.2, 0) is 24.3 Å². The molecule has 0 aliphatic carbocycles. The molecule has 0 saturated heterocycles. The van der Waals surface area contributed by atoms with Crippen LogP contribution >= 0.6 is 11.6 Å². The second-order valence-electron chi connectivity index (χ2n) is 7.42. The van der Waals surface area contributed by atoms with Crippen LogP contribution in [0, 0.1) is 0 Å². The highest BCUT2D eigenvalue weighted by molar-refractivity contribution is 6.29. The number of amides is 1. The van der Waals surface area contributed by atoms with Crippen LogP contribution in [0.15, 0.2) is 77.9 Å². The van der Waals surface area contributed by atoms with Crippen LogP contribution in [0.4, 0.5) is 5.82 Å². The van der Waals surface area contributed by atoms with Crippen molar-refractivity contribution in [2.75, 3.05) is 18.4 Å². The van der Waals surface area contributed by atoms with Crippen molar-refractivity contribution in [3.63, 3.8) is 0 Å². The molecule has 0 atom stereocenters. The van der Waals surface area contributed by atoms with Crippen molar-refractivity contribution in [3.05, 3.63) is 94.1 Å². The first-order valence-corrected chi connectivity index (χ1v) is 10.8. The Kier molecular flexibility index (Phi) is 6.87. The van der Waals surface area contributed by atoms with Gasteiger partial charge >= 0.3 is 0 Å². The molecule has 4 rings (SSSR count). The van der Waals surface area contributed by atoms with Gasteiger partial charge in [-0.15, -0.1) is 0 Å². The zero-order chi connectivity index (χ0) is 22.3. The molecule has 1 amide bonds. The highest BCUT2D eigenvalue weighted by Crippen LogP contribution is 2.14. The van der Waals surface area contributed by atoms with Gasteiger partial charge in [0.1, 0.15) is 5.15 Å². The topological polar surface area (TPSA) is 80.9 Å². The Morgan fingerprint density at radius 1 is 0.969 bits per heavy atom. The fraction of sp³-hybridized carbons (Fsp3) is 0.208. The number of nitrogens with zero attached hydrogens (tertiary/aromatic N) is 3. The summed E-state index contributed by atoms with van der Waals surface area (Å²) in [5.74, 6) is -0.157. The number of anilines is 1. The number of hydrogen-bond acceptors (Lipinski definition) is 4. The molecule has 0 unspecified atom stereocenters. The summed E-state index contributed by atoms with van der Waals surface area (Å²) in [5.41, 5.74) is 1.94. The number of benzene rings is 2. The number of fused-ring (bicyclic) bond motifs is 1.